The molecular formula is C23H20BrN3O3S. The van der Waals surface area contributed by atoms with Crippen LogP contribution < -0.4 is 9.47 Å². The van der Waals surface area contributed by atoms with E-state index >= 15 is 0 Å². The lowest BCUT2D eigenvalue weighted by Gasteiger charge is -2.22. The number of nitrogens with one attached hydrogen (secondary N) is 1. The molecule has 0 aromatic heterocycles. The van der Waals surface area contributed by atoms with Crippen molar-refractivity contribution in [3.63, 3.8) is 0 Å². The van der Waals surface area contributed by atoms with Crippen LogP contribution in [-0.4, -0.2) is 35.0 Å². The lowest BCUT2D eigenvalue weighted by Crippen LogP contribution is -2.35. The monoisotopic (exact) mass is 497 g/mol. The van der Waals surface area contributed by atoms with Crippen molar-refractivity contribution in [1.29, 1.82) is 5.41 Å². The van der Waals surface area contributed by atoms with E-state index < -0.39 is 5.91 Å². The minimum atomic E-state index is -0.405. The summed E-state index contributed by atoms with van der Waals surface area (Å²) < 4.78 is 12.4. The average molecular weight is 498 g/mol. The van der Waals surface area contributed by atoms with E-state index in [1.807, 2.05) is 49.4 Å². The molecule has 1 N–H and O–H groups in total. The third kappa shape index (κ3) is 5.08. The molecule has 2 aliphatic rings. The molecule has 6 nitrogen and oxygen atoms in total. The van der Waals surface area contributed by atoms with Gasteiger partial charge < -0.3 is 9.47 Å². The van der Waals surface area contributed by atoms with Crippen LogP contribution >= 0.6 is 27.7 Å². The number of carbonyl (C=O) groups excluding carboxylic acids is 1. The molecule has 0 aliphatic carbocycles. The van der Waals surface area contributed by atoms with Crippen molar-refractivity contribution < 1.29 is 14.3 Å². The third-order valence-electron chi connectivity index (χ3n) is 4.58. The highest BCUT2D eigenvalue weighted by atomic mass is 79.9. The zero-order valence-electron chi connectivity index (χ0n) is 16.8. The molecule has 0 saturated carbocycles. The van der Waals surface area contributed by atoms with E-state index in [2.05, 4.69) is 20.9 Å². The van der Waals surface area contributed by atoms with Crippen molar-refractivity contribution >= 4 is 50.7 Å². The third-order valence-corrected chi connectivity index (χ3v) is 5.96. The van der Waals surface area contributed by atoms with Crippen molar-refractivity contribution in [3.8, 4) is 11.5 Å². The van der Waals surface area contributed by atoms with E-state index in [-0.39, 0.29) is 11.4 Å². The highest BCUT2D eigenvalue weighted by Crippen LogP contribution is 2.30. The second-order valence-electron chi connectivity index (χ2n) is 6.94. The number of carbonyl (C=O) groups is 1. The minimum Gasteiger partial charge on any atom is -0.493 e. The molecule has 2 aromatic rings. The Bertz CT molecular complexity index is 1130. The van der Waals surface area contributed by atoms with Crippen LogP contribution in [0.5, 0.6) is 11.5 Å². The Hall–Kier alpha value is -2.84. The van der Waals surface area contributed by atoms with Gasteiger partial charge >= 0.3 is 0 Å². The molecule has 158 valence electrons. The van der Waals surface area contributed by atoms with Crippen LogP contribution in [0.1, 0.15) is 17.5 Å². The molecule has 0 saturated heterocycles. The van der Waals surface area contributed by atoms with Gasteiger partial charge in [-0.05, 0) is 69.7 Å². The van der Waals surface area contributed by atoms with Gasteiger partial charge in [-0.3, -0.25) is 15.1 Å². The number of nitrogens with zero attached hydrogens (tertiary/aromatic N) is 2. The number of aryl methyl sites for hydroxylation is 1. The zero-order valence-corrected chi connectivity index (χ0v) is 19.2. The van der Waals surface area contributed by atoms with Gasteiger partial charge in [0.2, 0.25) is 0 Å². The normalized spacial score (nSPS) is 16.5. The number of halogens is 1. The molecule has 1 amide bonds. The summed E-state index contributed by atoms with van der Waals surface area (Å²) in [6, 6.07) is 13.5. The summed E-state index contributed by atoms with van der Waals surface area (Å²) in [6.45, 7) is 3.12. The highest BCUT2D eigenvalue weighted by Gasteiger charge is 2.30. The van der Waals surface area contributed by atoms with Crippen molar-refractivity contribution in [1.82, 2.24) is 4.90 Å². The molecule has 0 atom stereocenters. The lowest BCUT2D eigenvalue weighted by molar-refractivity contribution is -0.114. The van der Waals surface area contributed by atoms with Gasteiger partial charge in [-0.25, -0.2) is 0 Å². The zero-order chi connectivity index (χ0) is 21.8. The Kier molecular flexibility index (Phi) is 6.58. The molecule has 4 rings (SSSR count). The Balaban J connectivity index is 1.34. The highest BCUT2D eigenvalue weighted by molar-refractivity contribution is 9.10. The van der Waals surface area contributed by atoms with Crippen molar-refractivity contribution in [2.45, 2.75) is 13.3 Å². The van der Waals surface area contributed by atoms with Crippen LogP contribution in [0.2, 0.25) is 0 Å². The summed E-state index contributed by atoms with van der Waals surface area (Å²) in [6.07, 6.45) is 4.16. The first-order chi connectivity index (χ1) is 15.0. The maximum Gasteiger partial charge on any atom is 0.283 e. The Labute approximate surface area is 193 Å². The number of amides is 1. The van der Waals surface area contributed by atoms with Gasteiger partial charge in [0.15, 0.2) is 5.17 Å². The first-order valence-electron chi connectivity index (χ1n) is 9.69. The van der Waals surface area contributed by atoms with Crippen LogP contribution in [0.3, 0.4) is 0 Å². The van der Waals surface area contributed by atoms with E-state index in [0.717, 1.165) is 22.2 Å². The van der Waals surface area contributed by atoms with E-state index in [1.54, 1.807) is 22.6 Å². The second kappa shape index (κ2) is 9.53. The largest absolute Gasteiger partial charge is 0.493 e. The summed E-state index contributed by atoms with van der Waals surface area (Å²) in [4.78, 5) is 18.0. The van der Waals surface area contributed by atoms with Gasteiger partial charge in [-0.2, -0.15) is 4.99 Å². The summed E-state index contributed by atoms with van der Waals surface area (Å²) >= 11 is 4.85. The van der Waals surface area contributed by atoms with Gasteiger partial charge in [-0.1, -0.05) is 30.0 Å². The Morgan fingerprint density at radius 3 is 2.84 bits per heavy atom. The van der Waals surface area contributed by atoms with E-state index in [1.165, 1.54) is 17.3 Å². The maximum atomic E-state index is 12.3. The average Bonchev–Trinajstić information content (AvgIpc) is 3.21. The standard InChI is InChI=1S/C23H20BrN3O3S/c1-15-4-2-5-17(12-15)29-9-3-10-30-20-7-6-16(14-19(20)24)13-18-21(25)27-8-11-31-23(27)26-22(18)28/h2,4-8,11-14,25H,3,9-10H2,1H3/b18-13-,25-21?. The van der Waals surface area contributed by atoms with E-state index in [9.17, 15) is 4.79 Å². The molecule has 31 heavy (non-hydrogen) atoms. The number of aliphatic imine (C=N–C) groups is 1. The molecule has 0 fully saturated rings. The first kappa shape index (κ1) is 21.4. The second-order valence-corrected chi connectivity index (χ2v) is 8.66. The predicted molar refractivity (Wildman–Crippen MR) is 128 cm³/mol. The number of amidine groups is 2. The number of hydrogen-bond acceptors (Lipinski definition) is 5. The quantitative estimate of drug-likeness (QED) is 0.410. The van der Waals surface area contributed by atoms with Crippen LogP contribution in [-0.2, 0) is 4.79 Å². The predicted octanol–water partition coefficient (Wildman–Crippen LogP) is 5.38. The molecule has 8 heteroatoms. The minimum absolute atomic E-state index is 0.126. The lowest BCUT2D eigenvalue weighted by atomic mass is 10.1. The van der Waals surface area contributed by atoms with Crippen LogP contribution in [0, 0.1) is 12.3 Å². The first-order valence-corrected chi connectivity index (χ1v) is 11.4. The number of fused-ring (bicyclic) bond motifs is 1. The molecule has 2 aliphatic heterocycles. The number of thioether (sulfide) groups is 1. The summed E-state index contributed by atoms with van der Waals surface area (Å²) in [5.41, 5.74) is 2.20. The SMILES string of the molecule is Cc1cccc(OCCCOc2ccc(/C=C3/C(=N)N4C=CSC4=NC3=O)cc2Br)c1. The van der Waals surface area contributed by atoms with Crippen LogP contribution in [0.25, 0.3) is 6.08 Å². The fourth-order valence-corrected chi connectivity index (χ4v) is 4.27. The summed E-state index contributed by atoms with van der Waals surface area (Å²) in [5, 5.41) is 10.6. The van der Waals surface area contributed by atoms with Gasteiger partial charge in [-0.15, -0.1) is 0 Å². The smallest absolute Gasteiger partial charge is 0.283 e. The summed E-state index contributed by atoms with van der Waals surface area (Å²) in [7, 11) is 0. The van der Waals surface area contributed by atoms with E-state index in [0.29, 0.717) is 24.1 Å². The maximum absolute atomic E-state index is 12.3. The molecule has 0 bridgehead atoms. The Morgan fingerprint density at radius 1 is 1.19 bits per heavy atom. The number of hydrogen-bond donors (Lipinski definition) is 1. The molecule has 2 heterocycles. The molecular weight excluding hydrogens is 478 g/mol. The van der Waals surface area contributed by atoms with Gasteiger partial charge in [0, 0.05) is 12.6 Å². The topological polar surface area (TPSA) is 75.0 Å². The molecule has 2 aromatic carbocycles. The molecule has 0 radical (unpaired) electrons. The van der Waals surface area contributed by atoms with Crippen molar-refractivity contribution in [2.75, 3.05) is 13.2 Å². The van der Waals surface area contributed by atoms with Crippen LogP contribution in [0.15, 0.2) is 69.1 Å². The fourth-order valence-electron chi connectivity index (χ4n) is 3.06. The summed E-state index contributed by atoms with van der Waals surface area (Å²) in [5.74, 6) is 1.29. The number of rotatable bonds is 7. The van der Waals surface area contributed by atoms with Crippen molar-refractivity contribution in [3.05, 3.63) is 75.2 Å². The number of benzene rings is 2. The molecule has 0 spiro atoms. The van der Waals surface area contributed by atoms with Gasteiger partial charge in [0.1, 0.15) is 17.3 Å². The van der Waals surface area contributed by atoms with Gasteiger partial charge in [0.25, 0.3) is 5.91 Å². The fraction of sp³-hybridized carbons (Fsp3) is 0.174. The molecule has 0 unspecified atom stereocenters. The Morgan fingerprint density at radius 2 is 2.03 bits per heavy atom. The number of ether oxygens (including phenoxy) is 2. The van der Waals surface area contributed by atoms with Crippen molar-refractivity contribution in [2.24, 2.45) is 4.99 Å². The van der Waals surface area contributed by atoms with E-state index in [4.69, 9.17) is 14.9 Å². The van der Waals surface area contributed by atoms with Crippen LogP contribution in [0.4, 0.5) is 0 Å². The van der Waals surface area contributed by atoms with Gasteiger partial charge in [0.05, 0.1) is 23.3 Å².